The fourth-order valence-electron chi connectivity index (χ4n) is 3.84. The molecule has 1 aliphatic rings. The largest absolute Gasteiger partial charge is 0.504 e. The first-order valence-corrected chi connectivity index (χ1v) is 11.2. The maximum Gasteiger partial charge on any atom is 0.240 e. The molecule has 0 saturated heterocycles. The molecule has 0 spiro atoms. The van der Waals surface area contributed by atoms with E-state index < -0.39 is 23.0 Å². The third kappa shape index (κ3) is 4.50. The van der Waals surface area contributed by atoms with Gasteiger partial charge in [-0.1, -0.05) is 0 Å². The third-order valence-electron chi connectivity index (χ3n) is 6.06. The molecule has 9 heteroatoms. The van der Waals surface area contributed by atoms with E-state index in [2.05, 4.69) is 15.6 Å². The number of nitrogens with zero attached hydrogens (tertiary/aromatic N) is 1. The van der Waals surface area contributed by atoms with Crippen molar-refractivity contribution in [1.29, 1.82) is 0 Å². The van der Waals surface area contributed by atoms with Crippen molar-refractivity contribution < 1.29 is 28.6 Å². The molecule has 4 aromatic rings. The van der Waals surface area contributed by atoms with E-state index in [-0.39, 0.29) is 5.75 Å². The number of nitrogens with one attached hydrogen (secondary N) is 2. The summed E-state index contributed by atoms with van der Waals surface area (Å²) >= 11 is 0. The summed E-state index contributed by atoms with van der Waals surface area (Å²) in [4.78, 5) is 29.9. The zero-order chi connectivity index (χ0) is 25.3. The number of carbonyl (C=O) groups excluding carboxylic acids is 2. The molecule has 36 heavy (non-hydrogen) atoms. The molecule has 3 N–H and O–H groups in total. The minimum absolute atomic E-state index is 0.0190. The van der Waals surface area contributed by atoms with Crippen molar-refractivity contribution in [2.24, 2.45) is 5.41 Å². The zero-order valence-electron chi connectivity index (χ0n) is 19.2. The Morgan fingerprint density at radius 3 is 2.11 bits per heavy atom. The van der Waals surface area contributed by atoms with Crippen LogP contribution in [0, 0.1) is 11.2 Å². The van der Waals surface area contributed by atoms with E-state index in [0.717, 1.165) is 0 Å². The van der Waals surface area contributed by atoms with Crippen LogP contribution in [0.25, 0.3) is 10.9 Å². The molecule has 0 aliphatic heterocycles. The number of amides is 2. The SMILES string of the molecule is COc1cc2c(Oc3ccc(NC(=O)C4(C(=O)Nc5ccc(F)cc5)CC4)cc3)ccnc2cc1O. The minimum atomic E-state index is -1.15. The van der Waals surface area contributed by atoms with Crippen LogP contribution in [0.5, 0.6) is 23.0 Å². The number of benzene rings is 3. The number of pyridine rings is 1. The lowest BCUT2D eigenvalue weighted by atomic mass is 10.0. The van der Waals surface area contributed by atoms with Crippen LogP contribution in [-0.4, -0.2) is 29.0 Å². The predicted octanol–water partition coefficient (Wildman–Crippen LogP) is 5.24. The summed E-state index contributed by atoms with van der Waals surface area (Å²) in [6, 6.07) is 17.0. The Morgan fingerprint density at radius 2 is 1.53 bits per heavy atom. The normalized spacial score (nSPS) is 13.6. The Hall–Kier alpha value is -4.66. The van der Waals surface area contributed by atoms with Crippen LogP contribution in [0.15, 0.2) is 72.9 Å². The number of fused-ring (bicyclic) bond motifs is 1. The van der Waals surface area contributed by atoms with Gasteiger partial charge in [-0.3, -0.25) is 14.6 Å². The fourth-order valence-corrected chi connectivity index (χ4v) is 3.84. The van der Waals surface area contributed by atoms with Gasteiger partial charge in [-0.25, -0.2) is 4.39 Å². The second-order valence-corrected chi connectivity index (χ2v) is 8.47. The van der Waals surface area contributed by atoms with Gasteiger partial charge in [0, 0.05) is 29.0 Å². The minimum Gasteiger partial charge on any atom is -0.504 e. The molecule has 1 heterocycles. The van der Waals surface area contributed by atoms with E-state index in [1.807, 2.05) is 0 Å². The van der Waals surface area contributed by atoms with E-state index in [4.69, 9.17) is 9.47 Å². The molecule has 2 amide bonds. The highest BCUT2D eigenvalue weighted by Gasteiger charge is 2.56. The van der Waals surface area contributed by atoms with Crippen molar-refractivity contribution in [3.8, 4) is 23.0 Å². The molecular weight excluding hydrogens is 465 g/mol. The Morgan fingerprint density at radius 1 is 0.917 bits per heavy atom. The standard InChI is InChI=1S/C27H22FN3O5/c1-35-24-14-20-21(15-22(24)32)29-13-10-23(20)36-19-8-6-18(7-9-19)31-26(34)27(11-12-27)25(33)30-17-4-2-16(28)3-5-17/h2-10,13-15,32H,11-12H2,1H3,(H,30,33)(H,31,34). The van der Waals surface area contributed by atoms with E-state index in [0.29, 0.717) is 52.4 Å². The monoisotopic (exact) mass is 487 g/mol. The molecule has 1 aromatic heterocycles. The number of ether oxygens (including phenoxy) is 2. The van der Waals surface area contributed by atoms with Gasteiger partial charge in [0.2, 0.25) is 11.8 Å². The van der Waals surface area contributed by atoms with Gasteiger partial charge >= 0.3 is 0 Å². The molecule has 1 saturated carbocycles. The summed E-state index contributed by atoms with van der Waals surface area (Å²) in [5.41, 5.74) is 0.339. The van der Waals surface area contributed by atoms with Crippen LogP contribution in [-0.2, 0) is 9.59 Å². The molecule has 1 aliphatic carbocycles. The van der Waals surface area contributed by atoms with Crippen molar-refractivity contribution >= 4 is 34.1 Å². The Balaban J connectivity index is 1.27. The number of aromatic hydroxyl groups is 1. The second kappa shape index (κ2) is 9.18. The number of hydrogen-bond acceptors (Lipinski definition) is 6. The van der Waals surface area contributed by atoms with Gasteiger partial charge in [-0.2, -0.15) is 0 Å². The molecule has 182 valence electrons. The van der Waals surface area contributed by atoms with Gasteiger partial charge in [0.25, 0.3) is 0 Å². The lowest BCUT2D eigenvalue weighted by molar-refractivity contribution is -0.131. The van der Waals surface area contributed by atoms with E-state index >= 15 is 0 Å². The van der Waals surface area contributed by atoms with Crippen LogP contribution < -0.4 is 20.1 Å². The van der Waals surface area contributed by atoms with Crippen LogP contribution >= 0.6 is 0 Å². The molecule has 0 unspecified atom stereocenters. The highest BCUT2D eigenvalue weighted by Crippen LogP contribution is 2.47. The predicted molar refractivity (Wildman–Crippen MR) is 132 cm³/mol. The maximum absolute atomic E-state index is 13.1. The summed E-state index contributed by atoms with van der Waals surface area (Å²) in [5.74, 6) is 0.0912. The Kier molecular flexibility index (Phi) is 5.89. The van der Waals surface area contributed by atoms with E-state index in [9.17, 15) is 19.1 Å². The fraction of sp³-hybridized carbons (Fsp3) is 0.148. The summed E-state index contributed by atoms with van der Waals surface area (Å²) in [5, 5.41) is 16.1. The summed E-state index contributed by atoms with van der Waals surface area (Å²) < 4.78 is 24.3. The number of aromatic nitrogens is 1. The quantitative estimate of drug-likeness (QED) is 0.308. The molecule has 0 atom stereocenters. The number of halogens is 1. The maximum atomic E-state index is 13.1. The van der Waals surface area contributed by atoms with Gasteiger partial charge in [-0.15, -0.1) is 0 Å². The van der Waals surface area contributed by atoms with Crippen molar-refractivity contribution in [2.75, 3.05) is 17.7 Å². The number of methoxy groups -OCH3 is 1. The number of phenols is 1. The molecule has 8 nitrogen and oxygen atoms in total. The number of phenolic OH excluding ortho intramolecular Hbond substituents is 1. The highest BCUT2D eigenvalue weighted by molar-refractivity contribution is 6.16. The summed E-state index contributed by atoms with van der Waals surface area (Å²) in [6.07, 6.45) is 2.44. The van der Waals surface area contributed by atoms with E-state index in [1.54, 1.807) is 42.6 Å². The molecule has 5 rings (SSSR count). The zero-order valence-corrected chi connectivity index (χ0v) is 19.2. The van der Waals surface area contributed by atoms with Crippen LogP contribution in [0.3, 0.4) is 0 Å². The topological polar surface area (TPSA) is 110 Å². The van der Waals surface area contributed by atoms with Crippen molar-refractivity contribution in [3.63, 3.8) is 0 Å². The van der Waals surface area contributed by atoms with Gasteiger partial charge < -0.3 is 25.2 Å². The third-order valence-corrected chi connectivity index (χ3v) is 6.06. The van der Waals surface area contributed by atoms with Crippen molar-refractivity contribution in [2.45, 2.75) is 12.8 Å². The van der Waals surface area contributed by atoms with Crippen LogP contribution in [0.1, 0.15) is 12.8 Å². The van der Waals surface area contributed by atoms with Crippen LogP contribution in [0.2, 0.25) is 0 Å². The van der Waals surface area contributed by atoms with Gasteiger partial charge in [0.05, 0.1) is 12.6 Å². The molecule has 1 fully saturated rings. The Labute approximate surface area is 205 Å². The number of anilines is 2. The lowest BCUT2D eigenvalue weighted by Gasteiger charge is -2.16. The van der Waals surface area contributed by atoms with Crippen LogP contribution in [0.4, 0.5) is 15.8 Å². The first kappa shape index (κ1) is 23.1. The average molecular weight is 487 g/mol. The van der Waals surface area contributed by atoms with Gasteiger partial charge in [0.15, 0.2) is 11.5 Å². The molecular formula is C27H22FN3O5. The smallest absolute Gasteiger partial charge is 0.240 e. The summed E-state index contributed by atoms with van der Waals surface area (Å²) in [7, 11) is 1.46. The van der Waals surface area contributed by atoms with Crippen molar-refractivity contribution in [3.05, 3.63) is 78.7 Å². The second-order valence-electron chi connectivity index (χ2n) is 8.47. The van der Waals surface area contributed by atoms with Crippen molar-refractivity contribution in [1.82, 2.24) is 4.98 Å². The van der Waals surface area contributed by atoms with Gasteiger partial charge in [-0.05, 0) is 73.5 Å². The summed E-state index contributed by atoms with van der Waals surface area (Å²) in [6.45, 7) is 0. The molecule has 0 radical (unpaired) electrons. The molecule has 3 aromatic carbocycles. The highest BCUT2D eigenvalue weighted by atomic mass is 19.1. The number of rotatable bonds is 7. The Bertz CT molecular complexity index is 1450. The first-order chi connectivity index (χ1) is 17.4. The molecule has 0 bridgehead atoms. The van der Waals surface area contributed by atoms with Gasteiger partial charge in [0.1, 0.15) is 22.7 Å². The number of carbonyl (C=O) groups is 2. The number of hydrogen-bond donors (Lipinski definition) is 3. The van der Waals surface area contributed by atoms with E-state index in [1.165, 1.54) is 37.4 Å². The average Bonchev–Trinajstić information content (AvgIpc) is 3.69. The lowest BCUT2D eigenvalue weighted by Crippen LogP contribution is -2.35. The first-order valence-electron chi connectivity index (χ1n) is 11.2.